The maximum Gasteiger partial charge on any atom is 0.406 e. The zero-order chi connectivity index (χ0) is 15.5. The maximum absolute atomic E-state index is 12.4. The number of hydrogen-bond donors (Lipinski definition) is 1. The van der Waals surface area contributed by atoms with Gasteiger partial charge in [0.1, 0.15) is 13.1 Å². The van der Waals surface area contributed by atoms with Crippen LogP contribution >= 0.6 is 0 Å². The number of para-hydroxylation sites is 2. The quantitative estimate of drug-likeness (QED) is 0.908. The number of aromatic nitrogens is 2. The minimum atomic E-state index is -4.50. The lowest BCUT2D eigenvalue weighted by Crippen LogP contribution is -2.42. The van der Waals surface area contributed by atoms with E-state index in [2.05, 4.69) is 4.98 Å². The second-order valence-corrected chi connectivity index (χ2v) is 4.52. The van der Waals surface area contributed by atoms with E-state index in [1.54, 1.807) is 24.3 Å². The monoisotopic (exact) mass is 301 g/mol. The summed E-state index contributed by atoms with van der Waals surface area (Å²) in [6.07, 6.45) is -3.09. The standard InChI is InChI=1S/C13H14F3N3O2/c14-13(15,16)8-18(5-6-20)12(21)7-19-9-17-10-3-1-2-4-11(10)19/h1-4,9,20H,5-8H2. The molecule has 0 unspecified atom stereocenters. The van der Waals surface area contributed by atoms with Gasteiger partial charge in [0, 0.05) is 6.54 Å². The van der Waals surface area contributed by atoms with E-state index in [9.17, 15) is 18.0 Å². The minimum absolute atomic E-state index is 0.253. The largest absolute Gasteiger partial charge is 0.406 e. The molecule has 1 aromatic carbocycles. The molecule has 1 amide bonds. The third-order valence-corrected chi connectivity index (χ3v) is 2.93. The number of rotatable bonds is 5. The van der Waals surface area contributed by atoms with Gasteiger partial charge in [-0.05, 0) is 12.1 Å². The molecule has 0 saturated heterocycles. The number of halogens is 3. The van der Waals surface area contributed by atoms with Crippen LogP contribution < -0.4 is 0 Å². The number of fused-ring (bicyclic) bond motifs is 1. The Kier molecular flexibility index (Phi) is 4.46. The van der Waals surface area contributed by atoms with Gasteiger partial charge >= 0.3 is 6.18 Å². The van der Waals surface area contributed by atoms with Gasteiger partial charge < -0.3 is 14.6 Å². The molecular formula is C13H14F3N3O2. The van der Waals surface area contributed by atoms with Crippen molar-refractivity contribution < 1.29 is 23.1 Å². The van der Waals surface area contributed by atoms with E-state index in [-0.39, 0.29) is 13.1 Å². The molecule has 0 spiro atoms. The first kappa shape index (κ1) is 15.3. The van der Waals surface area contributed by atoms with Crippen LogP contribution in [0.4, 0.5) is 13.2 Å². The number of aliphatic hydroxyl groups excluding tert-OH is 1. The van der Waals surface area contributed by atoms with Gasteiger partial charge in [-0.25, -0.2) is 4.98 Å². The molecular weight excluding hydrogens is 287 g/mol. The topological polar surface area (TPSA) is 58.4 Å². The third kappa shape index (κ3) is 3.94. The highest BCUT2D eigenvalue weighted by Crippen LogP contribution is 2.17. The summed E-state index contributed by atoms with van der Waals surface area (Å²) in [5.41, 5.74) is 1.33. The van der Waals surface area contributed by atoms with E-state index in [0.29, 0.717) is 15.9 Å². The minimum Gasteiger partial charge on any atom is -0.395 e. The van der Waals surface area contributed by atoms with Gasteiger partial charge in [0.2, 0.25) is 5.91 Å². The van der Waals surface area contributed by atoms with Crippen molar-refractivity contribution in [2.75, 3.05) is 19.7 Å². The normalized spacial score (nSPS) is 11.8. The number of carbonyl (C=O) groups is 1. The van der Waals surface area contributed by atoms with Gasteiger partial charge in [-0.2, -0.15) is 13.2 Å². The summed E-state index contributed by atoms with van der Waals surface area (Å²) in [7, 11) is 0. The number of hydrogen-bond acceptors (Lipinski definition) is 3. The van der Waals surface area contributed by atoms with Crippen LogP contribution in [0.1, 0.15) is 0 Å². The lowest BCUT2D eigenvalue weighted by molar-refractivity contribution is -0.162. The van der Waals surface area contributed by atoms with Crippen LogP contribution in [0.2, 0.25) is 0 Å². The first-order valence-electron chi connectivity index (χ1n) is 6.26. The Hall–Kier alpha value is -2.09. The first-order valence-corrected chi connectivity index (χ1v) is 6.26. The molecule has 1 heterocycles. The average molecular weight is 301 g/mol. The number of benzene rings is 1. The van der Waals surface area contributed by atoms with Crippen LogP contribution in [0.3, 0.4) is 0 Å². The van der Waals surface area contributed by atoms with Crippen molar-refractivity contribution in [3.8, 4) is 0 Å². The summed E-state index contributed by atoms with van der Waals surface area (Å²) in [6.45, 7) is -2.51. The Morgan fingerprint density at radius 2 is 2.05 bits per heavy atom. The summed E-state index contributed by atoms with van der Waals surface area (Å²) in [5.74, 6) is -0.718. The summed E-state index contributed by atoms with van der Waals surface area (Å²) in [4.78, 5) is 16.7. The van der Waals surface area contributed by atoms with Gasteiger partial charge in [-0.15, -0.1) is 0 Å². The molecule has 5 nitrogen and oxygen atoms in total. The van der Waals surface area contributed by atoms with Crippen LogP contribution in [-0.2, 0) is 11.3 Å². The summed E-state index contributed by atoms with van der Waals surface area (Å²) in [6, 6.07) is 7.02. The molecule has 21 heavy (non-hydrogen) atoms. The zero-order valence-electron chi connectivity index (χ0n) is 11.0. The fraction of sp³-hybridized carbons (Fsp3) is 0.385. The van der Waals surface area contributed by atoms with Crippen molar-refractivity contribution in [3.63, 3.8) is 0 Å². The Labute approximate surface area is 118 Å². The van der Waals surface area contributed by atoms with Crippen LogP contribution in [0, 0.1) is 0 Å². The number of alkyl halides is 3. The van der Waals surface area contributed by atoms with Crippen LogP contribution in [0.5, 0.6) is 0 Å². The number of aliphatic hydroxyl groups is 1. The van der Waals surface area contributed by atoms with E-state index in [0.717, 1.165) is 0 Å². The van der Waals surface area contributed by atoms with Crippen molar-refractivity contribution in [2.24, 2.45) is 0 Å². The van der Waals surface area contributed by atoms with Gasteiger partial charge in [0.15, 0.2) is 0 Å². The van der Waals surface area contributed by atoms with E-state index in [4.69, 9.17) is 5.11 Å². The van der Waals surface area contributed by atoms with Crippen LogP contribution in [0.15, 0.2) is 30.6 Å². The number of carbonyl (C=O) groups excluding carboxylic acids is 1. The summed E-state index contributed by atoms with van der Waals surface area (Å²) < 4.78 is 38.8. The molecule has 2 aromatic rings. The van der Waals surface area contributed by atoms with Gasteiger partial charge in [0.25, 0.3) is 0 Å². The lowest BCUT2D eigenvalue weighted by atomic mass is 10.3. The number of amides is 1. The maximum atomic E-state index is 12.4. The van der Waals surface area contributed by atoms with Gasteiger partial charge in [-0.1, -0.05) is 12.1 Å². The van der Waals surface area contributed by atoms with Crippen molar-refractivity contribution in [1.29, 1.82) is 0 Å². The molecule has 0 bridgehead atoms. The predicted octanol–water partition coefficient (Wildman–Crippen LogP) is 1.42. The first-order chi connectivity index (χ1) is 9.90. The smallest absolute Gasteiger partial charge is 0.395 e. The summed E-state index contributed by atoms with van der Waals surface area (Å²) in [5, 5.41) is 8.80. The predicted molar refractivity (Wildman–Crippen MR) is 69.5 cm³/mol. The Bertz CT molecular complexity index is 624. The second-order valence-electron chi connectivity index (χ2n) is 4.52. The van der Waals surface area contributed by atoms with E-state index >= 15 is 0 Å². The Morgan fingerprint density at radius 3 is 2.71 bits per heavy atom. The molecule has 0 saturated carbocycles. The van der Waals surface area contributed by atoms with E-state index in [1.165, 1.54) is 10.9 Å². The molecule has 0 aliphatic heterocycles. The number of nitrogens with zero attached hydrogens (tertiary/aromatic N) is 3. The van der Waals surface area contributed by atoms with Crippen molar-refractivity contribution >= 4 is 16.9 Å². The average Bonchev–Trinajstić information content (AvgIpc) is 2.80. The SMILES string of the molecule is O=C(Cn1cnc2ccccc21)N(CCO)CC(F)(F)F. The zero-order valence-corrected chi connectivity index (χ0v) is 11.0. The molecule has 1 aromatic heterocycles. The van der Waals surface area contributed by atoms with Crippen LogP contribution in [0.25, 0.3) is 11.0 Å². The highest BCUT2D eigenvalue weighted by Gasteiger charge is 2.32. The molecule has 0 radical (unpaired) electrons. The molecule has 2 rings (SSSR count). The van der Waals surface area contributed by atoms with Gasteiger partial charge in [-0.3, -0.25) is 4.79 Å². The van der Waals surface area contributed by atoms with E-state index < -0.39 is 25.2 Å². The fourth-order valence-electron chi connectivity index (χ4n) is 2.01. The van der Waals surface area contributed by atoms with Gasteiger partial charge in [0.05, 0.1) is 24.0 Å². The molecule has 0 atom stereocenters. The molecule has 8 heteroatoms. The van der Waals surface area contributed by atoms with E-state index in [1.807, 2.05) is 0 Å². The van der Waals surface area contributed by atoms with Crippen molar-refractivity contribution in [3.05, 3.63) is 30.6 Å². The van der Waals surface area contributed by atoms with Crippen LogP contribution in [-0.4, -0.2) is 51.3 Å². The highest BCUT2D eigenvalue weighted by molar-refractivity contribution is 5.80. The summed E-state index contributed by atoms with van der Waals surface area (Å²) >= 11 is 0. The van der Waals surface area contributed by atoms with Crippen molar-refractivity contribution in [2.45, 2.75) is 12.7 Å². The lowest BCUT2D eigenvalue weighted by Gasteiger charge is -2.23. The molecule has 114 valence electrons. The molecule has 0 aliphatic carbocycles. The molecule has 0 aliphatic rings. The Balaban J connectivity index is 2.14. The molecule has 0 fully saturated rings. The molecule has 1 N–H and O–H groups in total. The highest BCUT2D eigenvalue weighted by atomic mass is 19.4. The van der Waals surface area contributed by atoms with Crippen molar-refractivity contribution in [1.82, 2.24) is 14.5 Å². The fourth-order valence-corrected chi connectivity index (χ4v) is 2.01. The second kappa shape index (κ2) is 6.13. The Morgan fingerprint density at radius 1 is 1.33 bits per heavy atom. The third-order valence-electron chi connectivity index (χ3n) is 2.93. The number of imidazole rings is 1.